The van der Waals surface area contributed by atoms with E-state index >= 15 is 0 Å². The Balaban J connectivity index is 2.00. The molecule has 4 nitrogen and oxygen atoms in total. The normalized spacial score (nSPS) is 10.6. The number of rotatable bonds is 4. The Bertz CT molecular complexity index is 1160. The number of para-hydroxylation sites is 1. The number of halogens is 1. The van der Waals surface area contributed by atoms with Crippen molar-refractivity contribution in [3.05, 3.63) is 106 Å². The van der Waals surface area contributed by atoms with Crippen LogP contribution in [0.4, 0.5) is 5.69 Å². The third-order valence-electron chi connectivity index (χ3n) is 4.53. The van der Waals surface area contributed by atoms with Crippen molar-refractivity contribution in [2.45, 2.75) is 0 Å². The second-order valence-electron chi connectivity index (χ2n) is 6.24. The van der Waals surface area contributed by atoms with Crippen molar-refractivity contribution in [2.75, 3.05) is 0 Å². The first-order valence-corrected chi connectivity index (χ1v) is 9.07. The summed E-state index contributed by atoms with van der Waals surface area (Å²) in [6, 6.07) is 25.8. The van der Waals surface area contributed by atoms with Gasteiger partial charge in [0.25, 0.3) is 5.69 Å². The minimum absolute atomic E-state index is 0.0518. The van der Waals surface area contributed by atoms with E-state index in [1.54, 1.807) is 30.5 Å². The van der Waals surface area contributed by atoms with Crippen LogP contribution in [0, 0.1) is 10.1 Å². The van der Waals surface area contributed by atoms with Crippen LogP contribution in [-0.2, 0) is 0 Å². The maximum absolute atomic E-state index is 11.6. The van der Waals surface area contributed by atoms with E-state index < -0.39 is 0 Å². The monoisotopic (exact) mass is 386 g/mol. The molecule has 0 aliphatic rings. The fourth-order valence-electron chi connectivity index (χ4n) is 3.20. The minimum Gasteiger partial charge on any atom is -0.258 e. The fraction of sp³-hybridized carbons (Fsp3) is 0. The molecule has 0 radical (unpaired) electrons. The van der Waals surface area contributed by atoms with E-state index in [2.05, 4.69) is 4.98 Å². The van der Waals surface area contributed by atoms with E-state index in [1.807, 2.05) is 54.6 Å². The molecule has 4 aromatic rings. The molecule has 0 amide bonds. The van der Waals surface area contributed by atoms with Crippen molar-refractivity contribution in [1.82, 2.24) is 4.98 Å². The van der Waals surface area contributed by atoms with Gasteiger partial charge in [0, 0.05) is 34.0 Å². The highest BCUT2D eigenvalue weighted by atomic mass is 35.5. The molecule has 3 aromatic carbocycles. The predicted octanol–water partition coefficient (Wildman–Crippen LogP) is 6.64. The standard InChI is InChI=1S/C23H15ClN2O2/c24-21-12-6-4-11-18(21)22-14-19(17-10-5-7-13-23(17)26(27)28)20(15-25-22)16-8-2-1-3-9-16/h1-15H. The molecule has 28 heavy (non-hydrogen) atoms. The SMILES string of the molecule is O=[N+]([O-])c1ccccc1-c1cc(-c2ccccc2Cl)ncc1-c1ccccc1. The summed E-state index contributed by atoms with van der Waals surface area (Å²) in [5.74, 6) is 0. The van der Waals surface area contributed by atoms with E-state index in [0.717, 1.165) is 22.3 Å². The third kappa shape index (κ3) is 3.38. The molecular formula is C23H15ClN2O2. The lowest BCUT2D eigenvalue weighted by Gasteiger charge is -2.13. The van der Waals surface area contributed by atoms with Crippen LogP contribution < -0.4 is 0 Å². The first-order valence-electron chi connectivity index (χ1n) is 8.69. The second kappa shape index (κ2) is 7.62. The lowest BCUT2D eigenvalue weighted by Crippen LogP contribution is -1.95. The predicted molar refractivity (Wildman–Crippen MR) is 112 cm³/mol. The molecule has 0 bridgehead atoms. The zero-order chi connectivity index (χ0) is 19.5. The number of hydrogen-bond acceptors (Lipinski definition) is 3. The van der Waals surface area contributed by atoms with Crippen LogP contribution >= 0.6 is 11.6 Å². The van der Waals surface area contributed by atoms with Gasteiger partial charge in [0.15, 0.2) is 0 Å². The molecule has 5 heteroatoms. The molecule has 1 heterocycles. The van der Waals surface area contributed by atoms with Gasteiger partial charge in [0.1, 0.15) is 0 Å². The van der Waals surface area contributed by atoms with E-state index in [9.17, 15) is 10.1 Å². The summed E-state index contributed by atoms with van der Waals surface area (Å²) >= 11 is 6.35. The smallest absolute Gasteiger partial charge is 0.258 e. The molecule has 0 unspecified atom stereocenters. The quantitative estimate of drug-likeness (QED) is 0.291. The molecule has 1 aromatic heterocycles. The van der Waals surface area contributed by atoms with E-state index in [1.165, 1.54) is 6.07 Å². The summed E-state index contributed by atoms with van der Waals surface area (Å²) in [7, 11) is 0. The summed E-state index contributed by atoms with van der Waals surface area (Å²) in [5.41, 5.74) is 4.54. The van der Waals surface area contributed by atoms with Crippen molar-refractivity contribution >= 4 is 17.3 Å². The lowest BCUT2D eigenvalue weighted by atomic mass is 9.93. The number of benzene rings is 3. The molecule has 0 saturated carbocycles. The lowest BCUT2D eigenvalue weighted by molar-refractivity contribution is -0.384. The number of nitrogens with zero attached hydrogens (tertiary/aromatic N) is 2. The Hall–Kier alpha value is -3.50. The molecular weight excluding hydrogens is 372 g/mol. The van der Waals surface area contributed by atoms with Gasteiger partial charge in [-0.1, -0.05) is 72.3 Å². The summed E-state index contributed by atoms with van der Waals surface area (Å²) in [6.07, 6.45) is 1.75. The number of nitro groups is 1. The van der Waals surface area contributed by atoms with E-state index in [0.29, 0.717) is 16.3 Å². The molecule has 0 aliphatic heterocycles. The van der Waals surface area contributed by atoms with Crippen LogP contribution in [0.15, 0.2) is 91.1 Å². The van der Waals surface area contributed by atoms with Gasteiger partial charge in [-0.05, 0) is 23.8 Å². The average Bonchev–Trinajstić information content (AvgIpc) is 2.74. The molecule has 0 fully saturated rings. The molecule has 0 N–H and O–H groups in total. The topological polar surface area (TPSA) is 56.0 Å². The van der Waals surface area contributed by atoms with Crippen molar-refractivity contribution in [3.8, 4) is 33.5 Å². The van der Waals surface area contributed by atoms with Gasteiger partial charge < -0.3 is 0 Å². The highest BCUT2D eigenvalue weighted by Gasteiger charge is 2.19. The van der Waals surface area contributed by atoms with Crippen LogP contribution in [0.5, 0.6) is 0 Å². The molecule has 0 spiro atoms. The average molecular weight is 387 g/mol. The van der Waals surface area contributed by atoms with Crippen LogP contribution in [0.3, 0.4) is 0 Å². The van der Waals surface area contributed by atoms with Crippen LogP contribution in [0.2, 0.25) is 5.02 Å². The number of hydrogen-bond donors (Lipinski definition) is 0. The van der Waals surface area contributed by atoms with Gasteiger partial charge >= 0.3 is 0 Å². The Labute approximate surface area is 167 Å². The minimum atomic E-state index is -0.361. The summed E-state index contributed by atoms with van der Waals surface area (Å²) < 4.78 is 0. The molecule has 0 atom stereocenters. The van der Waals surface area contributed by atoms with Crippen LogP contribution in [0.25, 0.3) is 33.5 Å². The zero-order valence-corrected chi connectivity index (χ0v) is 15.5. The maximum atomic E-state index is 11.6. The Morgan fingerprint density at radius 1 is 0.750 bits per heavy atom. The first-order chi connectivity index (χ1) is 13.6. The van der Waals surface area contributed by atoms with Crippen molar-refractivity contribution in [2.24, 2.45) is 0 Å². The Kier molecular flexibility index (Phi) is 4.87. The Morgan fingerprint density at radius 2 is 1.39 bits per heavy atom. The number of aromatic nitrogens is 1. The molecule has 4 rings (SSSR count). The third-order valence-corrected chi connectivity index (χ3v) is 4.86. The number of pyridine rings is 1. The van der Waals surface area contributed by atoms with Gasteiger partial charge in [0.05, 0.1) is 16.2 Å². The maximum Gasteiger partial charge on any atom is 0.277 e. The van der Waals surface area contributed by atoms with Gasteiger partial charge in [-0.15, -0.1) is 0 Å². The largest absolute Gasteiger partial charge is 0.277 e. The second-order valence-corrected chi connectivity index (χ2v) is 6.64. The van der Waals surface area contributed by atoms with Gasteiger partial charge in [0.2, 0.25) is 0 Å². The van der Waals surface area contributed by atoms with E-state index in [4.69, 9.17) is 11.6 Å². The molecule has 0 saturated heterocycles. The molecule has 0 aliphatic carbocycles. The highest BCUT2D eigenvalue weighted by Crippen LogP contribution is 2.39. The highest BCUT2D eigenvalue weighted by molar-refractivity contribution is 6.33. The van der Waals surface area contributed by atoms with Crippen molar-refractivity contribution in [3.63, 3.8) is 0 Å². The van der Waals surface area contributed by atoms with Gasteiger partial charge in [-0.3, -0.25) is 15.1 Å². The summed E-state index contributed by atoms with van der Waals surface area (Å²) in [5, 5.41) is 12.2. The summed E-state index contributed by atoms with van der Waals surface area (Å²) in [6.45, 7) is 0. The fourth-order valence-corrected chi connectivity index (χ4v) is 3.44. The first kappa shape index (κ1) is 17.9. The molecule has 136 valence electrons. The van der Waals surface area contributed by atoms with Crippen LogP contribution in [-0.4, -0.2) is 9.91 Å². The van der Waals surface area contributed by atoms with Gasteiger partial charge in [-0.25, -0.2) is 0 Å². The summed E-state index contributed by atoms with van der Waals surface area (Å²) in [4.78, 5) is 15.9. The number of nitro benzene ring substituents is 1. The zero-order valence-electron chi connectivity index (χ0n) is 14.7. The van der Waals surface area contributed by atoms with Gasteiger partial charge in [-0.2, -0.15) is 0 Å². The van der Waals surface area contributed by atoms with E-state index in [-0.39, 0.29) is 10.6 Å². The van der Waals surface area contributed by atoms with Crippen molar-refractivity contribution < 1.29 is 4.92 Å². The van der Waals surface area contributed by atoms with Crippen molar-refractivity contribution in [1.29, 1.82) is 0 Å². The Morgan fingerprint density at radius 3 is 2.11 bits per heavy atom. The van der Waals surface area contributed by atoms with Crippen LogP contribution in [0.1, 0.15) is 0 Å².